The van der Waals surface area contributed by atoms with Crippen molar-refractivity contribution in [3.8, 4) is 0 Å². The first kappa shape index (κ1) is 11.2. The lowest BCUT2D eigenvalue weighted by molar-refractivity contribution is 0.692. The van der Waals surface area contributed by atoms with Crippen molar-refractivity contribution >= 4 is 17.7 Å². The molecule has 6 nitrogen and oxygen atoms in total. The average molecular weight is 210 g/mol. The van der Waals surface area contributed by atoms with Crippen LogP contribution in [0.15, 0.2) is 14.6 Å². The second kappa shape index (κ2) is 4.12. The van der Waals surface area contributed by atoms with E-state index in [0.29, 0.717) is 11.5 Å². The van der Waals surface area contributed by atoms with E-state index in [0.717, 1.165) is 4.57 Å². The summed E-state index contributed by atoms with van der Waals surface area (Å²) in [6.07, 6.45) is 1.54. The van der Waals surface area contributed by atoms with Gasteiger partial charge in [0.1, 0.15) is 5.69 Å². The van der Waals surface area contributed by atoms with Gasteiger partial charge in [-0.2, -0.15) is 0 Å². The van der Waals surface area contributed by atoms with Crippen LogP contribution in [-0.2, 0) is 14.1 Å². The summed E-state index contributed by atoms with van der Waals surface area (Å²) in [5, 5.41) is 2.75. The molecule has 0 unspecified atom stereocenters. The highest BCUT2D eigenvalue weighted by molar-refractivity contribution is 5.67. The summed E-state index contributed by atoms with van der Waals surface area (Å²) in [5.74, 6) is 0.341. The predicted octanol–water partition coefficient (Wildman–Crippen LogP) is -0.152. The summed E-state index contributed by atoms with van der Waals surface area (Å²) in [6, 6.07) is 0. The van der Waals surface area contributed by atoms with E-state index in [9.17, 15) is 9.59 Å². The largest absolute Gasteiger partial charge is 0.381 e. The molecule has 0 saturated carbocycles. The van der Waals surface area contributed by atoms with Gasteiger partial charge in [0, 0.05) is 27.4 Å². The minimum absolute atomic E-state index is 0.317. The number of hydrogen-bond acceptors (Lipinski definition) is 4. The maximum Gasteiger partial charge on any atom is 0.332 e. The summed E-state index contributed by atoms with van der Waals surface area (Å²) < 4.78 is 2.37. The minimum atomic E-state index is -0.389. The number of anilines is 1. The molecule has 0 aromatic carbocycles. The fourth-order valence-electron chi connectivity index (χ4n) is 1.33. The summed E-state index contributed by atoms with van der Waals surface area (Å²) in [6.45, 7) is 1.72. The van der Waals surface area contributed by atoms with Crippen molar-refractivity contribution in [1.29, 1.82) is 0 Å². The highest BCUT2D eigenvalue weighted by Gasteiger charge is 2.12. The third kappa shape index (κ3) is 1.70. The van der Waals surface area contributed by atoms with Crippen LogP contribution >= 0.6 is 0 Å². The molecule has 0 aliphatic heterocycles. The van der Waals surface area contributed by atoms with E-state index in [1.807, 2.05) is 0 Å². The second-order valence-electron chi connectivity index (χ2n) is 3.04. The number of nitrogens with one attached hydrogen (secondary N) is 1. The first-order chi connectivity index (χ1) is 7.04. The number of nitrogens with zero attached hydrogens (tertiary/aromatic N) is 3. The smallest absolute Gasteiger partial charge is 0.332 e. The van der Waals surface area contributed by atoms with Gasteiger partial charge in [-0.05, 0) is 6.92 Å². The molecule has 0 fully saturated rings. The van der Waals surface area contributed by atoms with Crippen LogP contribution in [0.5, 0.6) is 0 Å². The molecule has 6 heteroatoms. The van der Waals surface area contributed by atoms with E-state index in [4.69, 9.17) is 0 Å². The Labute approximate surface area is 86.9 Å². The first-order valence-corrected chi connectivity index (χ1v) is 4.51. The van der Waals surface area contributed by atoms with Crippen molar-refractivity contribution in [2.75, 3.05) is 12.4 Å². The zero-order valence-electron chi connectivity index (χ0n) is 9.24. The van der Waals surface area contributed by atoms with Crippen LogP contribution in [0.25, 0.3) is 0 Å². The molecule has 0 spiro atoms. The molecule has 0 radical (unpaired) electrons. The standard InChI is InChI=1S/C9H14N4O2/c1-5-11-7-6(10-2)8(14)13(4)9(15)12(7)3/h5,10H,1-4H3. The Morgan fingerprint density at radius 1 is 1.27 bits per heavy atom. The molecule has 0 atom stereocenters. The van der Waals surface area contributed by atoms with Crippen LogP contribution in [-0.4, -0.2) is 22.4 Å². The topological polar surface area (TPSA) is 68.4 Å². The van der Waals surface area contributed by atoms with Crippen LogP contribution in [0.3, 0.4) is 0 Å². The van der Waals surface area contributed by atoms with Gasteiger partial charge in [0.05, 0.1) is 0 Å². The maximum atomic E-state index is 11.7. The third-order valence-corrected chi connectivity index (χ3v) is 2.14. The minimum Gasteiger partial charge on any atom is -0.381 e. The van der Waals surface area contributed by atoms with Gasteiger partial charge in [0.25, 0.3) is 5.56 Å². The van der Waals surface area contributed by atoms with Gasteiger partial charge in [0.15, 0.2) is 5.82 Å². The molecular formula is C9H14N4O2. The van der Waals surface area contributed by atoms with E-state index in [1.54, 1.807) is 21.0 Å². The average Bonchev–Trinajstić information content (AvgIpc) is 2.24. The molecule has 1 rings (SSSR count). The summed E-state index contributed by atoms with van der Waals surface area (Å²) in [4.78, 5) is 27.3. The lowest BCUT2D eigenvalue weighted by atomic mass is 10.4. The van der Waals surface area contributed by atoms with Crippen molar-refractivity contribution in [2.45, 2.75) is 6.92 Å². The number of aliphatic imine (C=N–C) groups is 1. The van der Waals surface area contributed by atoms with Crippen molar-refractivity contribution in [3.05, 3.63) is 20.8 Å². The maximum absolute atomic E-state index is 11.7. The Balaban J connectivity index is 3.78. The lowest BCUT2D eigenvalue weighted by Crippen LogP contribution is -2.37. The molecule has 1 N–H and O–H groups in total. The quantitative estimate of drug-likeness (QED) is 0.690. The molecule has 0 aliphatic carbocycles. The Morgan fingerprint density at radius 2 is 1.87 bits per heavy atom. The van der Waals surface area contributed by atoms with Gasteiger partial charge in [-0.3, -0.25) is 13.9 Å². The number of aromatic nitrogens is 2. The Kier molecular flexibility index (Phi) is 3.08. The van der Waals surface area contributed by atoms with Crippen molar-refractivity contribution in [3.63, 3.8) is 0 Å². The highest BCUT2D eigenvalue weighted by Crippen LogP contribution is 2.16. The summed E-state index contributed by atoms with van der Waals surface area (Å²) in [5.41, 5.74) is -0.446. The van der Waals surface area contributed by atoms with Crippen LogP contribution < -0.4 is 16.6 Å². The van der Waals surface area contributed by atoms with Crippen molar-refractivity contribution in [2.24, 2.45) is 19.1 Å². The summed E-state index contributed by atoms with van der Waals surface area (Å²) >= 11 is 0. The Hall–Kier alpha value is -1.85. The Bertz CT molecular complexity index is 510. The molecule has 0 saturated heterocycles. The van der Waals surface area contributed by atoms with Crippen molar-refractivity contribution < 1.29 is 0 Å². The van der Waals surface area contributed by atoms with Gasteiger partial charge in [-0.1, -0.05) is 0 Å². The highest BCUT2D eigenvalue weighted by atomic mass is 16.2. The number of rotatable bonds is 2. The van der Waals surface area contributed by atoms with Crippen LogP contribution in [0.2, 0.25) is 0 Å². The van der Waals surface area contributed by atoms with E-state index < -0.39 is 0 Å². The molecule has 1 aromatic heterocycles. The van der Waals surface area contributed by atoms with Gasteiger partial charge in [-0.25, -0.2) is 9.79 Å². The molecule has 15 heavy (non-hydrogen) atoms. The zero-order chi connectivity index (χ0) is 11.6. The fraction of sp³-hybridized carbons (Fsp3) is 0.444. The zero-order valence-corrected chi connectivity index (χ0v) is 9.24. The van der Waals surface area contributed by atoms with Crippen molar-refractivity contribution in [1.82, 2.24) is 9.13 Å². The third-order valence-electron chi connectivity index (χ3n) is 2.14. The van der Waals surface area contributed by atoms with E-state index >= 15 is 0 Å². The molecule has 0 bridgehead atoms. The second-order valence-corrected chi connectivity index (χ2v) is 3.04. The van der Waals surface area contributed by atoms with Gasteiger partial charge < -0.3 is 5.32 Å². The van der Waals surface area contributed by atoms with E-state index in [1.165, 1.54) is 17.8 Å². The molecule has 0 amide bonds. The van der Waals surface area contributed by atoms with Crippen LogP contribution in [0.4, 0.5) is 11.5 Å². The van der Waals surface area contributed by atoms with E-state index in [-0.39, 0.29) is 11.2 Å². The van der Waals surface area contributed by atoms with Crippen LogP contribution in [0, 0.1) is 0 Å². The first-order valence-electron chi connectivity index (χ1n) is 4.51. The van der Waals surface area contributed by atoms with E-state index in [2.05, 4.69) is 10.3 Å². The lowest BCUT2D eigenvalue weighted by Gasteiger charge is -2.10. The van der Waals surface area contributed by atoms with Crippen LogP contribution in [0.1, 0.15) is 6.92 Å². The molecular weight excluding hydrogens is 196 g/mol. The Morgan fingerprint density at radius 3 is 2.33 bits per heavy atom. The number of hydrogen-bond donors (Lipinski definition) is 1. The molecule has 1 aromatic rings. The van der Waals surface area contributed by atoms with Gasteiger partial charge >= 0.3 is 5.69 Å². The predicted molar refractivity (Wildman–Crippen MR) is 60.3 cm³/mol. The molecule has 82 valence electrons. The molecule has 0 aliphatic rings. The summed E-state index contributed by atoms with van der Waals surface area (Å²) in [7, 11) is 4.63. The van der Waals surface area contributed by atoms with Gasteiger partial charge in [0.2, 0.25) is 0 Å². The monoisotopic (exact) mass is 210 g/mol. The van der Waals surface area contributed by atoms with Gasteiger partial charge in [-0.15, -0.1) is 0 Å². The SMILES string of the molecule is CC=Nc1c(NC)c(=O)n(C)c(=O)n1C. The molecule has 1 heterocycles. The normalized spacial score (nSPS) is 10.9. The fourth-order valence-corrected chi connectivity index (χ4v) is 1.33.